The average Bonchev–Trinajstić information content (AvgIpc) is 3.06. The number of benzene rings is 1. The number of amides is 3. The molecule has 2 heterocycles. The summed E-state index contributed by atoms with van der Waals surface area (Å²) in [6.07, 6.45) is 1.62. The van der Waals surface area contributed by atoms with Crippen LogP contribution in [0.4, 0.5) is 5.69 Å². The van der Waals surface area contributed by atoms with Crippen molar-refractivity contribution in [3.05, 3.63) is 29.8 Å². The van der Waals surface area contributed by atoms with E-state index in [1.165, 1.54) is 10.0 Å². The molecule has 0 bridgehead atoms. The van der Waals surface area contributed by atoms with Crippen LogP contribution in [0.1, 0.15) is 50.4 Å². The molecule has 1 aromatic rings. The fourth-order valence-electron chi connectivity index (χ4n) is 3.37. The van der Waals surface area contributed by atoms with Gasteiger partial charge in [-0.25, -0.2) is 9.80 Å². The standard InChI is InChI=1S/C20H24N4O5S/c1-4-5-10-29-17(27)12-6-8-13(9-7-12)21-16(26)14-11-15(25)23-19(30)22-18(28)20(2,3)24(14)23/h6-9,14H,4-5,10-11H2,1-3H3,(H,21,26)(H,22,28,30)/t14-/m0/s1. The molecule has 10 heteroatoms. The van der Waals surface area contributed by atoms with Gasteiger partial charge < -0.3 is 10.1 Å². The third-order valence-electron chi connectivity index (χ3n) is 5.08. The van der Waals surface area contributed by atoms with E-state index in [-0.39, 0.29) is 23.3 Å². The summed E-state index contributed by atoms with van der Waals surface area (Å²) in [5.41, 5.74) is -0.300. The Morgan fingerprint density at radius 3 is 2.57 bits per heavy atom. The first-order chi connectivity index (χ1) is 14.2. The van der Waals surface area contributed by atoms with Crippen LogP contribution in [0, 0.1) is 0 Å². The smallest absolute Gasteiger partial charge is 0.338 e. The normalized spacial score (nSPS) is 20.6. The van der Waals surface area contributed by atoms with E-state index >= 15 is 0 Å². The van der Waals surface area contributed by atoms with Crippen LogP contribution in [0.15, 0.2) is 24.3 Å². The number of carbonyl (C=O) groups excluding carboxylic acids is 4. The van der Waals surface area contributed by atoms with Gasteiger partial charge in [-0.3, -0.25) is 19.7 Å². The third kappa shape index (κ3) is 4.05. The van der Waals surface area contributed by atoms with Crippen molar-refractivity contribution in [1.29, 1.82) is 0 Å². The fourth-order valence-corrected chi connectivity index (χ4v) is 3.65. The van der Waals surface area contributed by atoms with Gasteiger partial charge in [-0.15, -0.1) is 0 Å². The number of unbranched alkanes of at least 4 members (excludes halogenated alkanes) is 1. The quantitative estimate of drug-likeness (QED) is 0.399. The Hall–Kier alpha value is -2.85. The number of anilines is 1. The summed E-state index contributed by atoms with van der Waals surface area (Å²) in [4.78, 5) is 49.7. The lowest BCUT2D eigenvalue weighted by Crippen LogP contribution is -2.71. The Bertz CT molecular complexity index is 899. The van der Waals surface area contributed by atoms with Crippen LogP contribution in [0.2, 0.25) is 0 Å². The first-order valence-electron chi connectivity index (χ1n) is 9.72. The SMILES string of the molecule is CCCCOC(=O)c1ccc(NC(=O)[C@@H]2CC(=O)N3C(=S)NC(=O)C(C)(C)N23)cc1. The van der Waals surface area contributed by atoms with Crippen molar-refractivity contribution in [3.63, 3.8) is 0 Å². The molecular weight excluding hydrogens is 408 g/mol. The number of hydrazine groups is 1. The van der Waals surface area contributed by atoms with Gasteiger partial charge in [0.05, 0.1) is 18.6 Å². The third-order valence-corrected chi connectivity index (χ3v) is 5.35. The van der Waals surface area contributed by atoms with Crippen LogP contribution in [0.5, 0.6) is 0 Å². The molecule has 0 aromatic heterocycles. The molecule has 0 unspecified atom stereocenters. The van der Waals surface area contributed by atoms with Crippen molar-refractivity contribution in [2.75, 3.05) is 11.9 Å². The van der Waals surface area contributed by atoms with Crippen LogP contribution in [-0.4, -0.2) is 57.0 Å². The van der Waals surface area contributed by atoms with Crippen molar-refractivity contribution < 1.29 is 23.9 Å². The van der Waals surface area contributed by atoms with E-state index in [0.29, 0.717) is 17.9 Å². The van der Waals surface area contributed by atoms with Crippen molar-refractivity contribution in [1.82, 2.24) is 15.3 Å². The molecule has 3 rings (SSSR count). The number of hydrogen-bond donors (Lipinski definition) is 2. The van der Waals surface area contributed by atoms with E-state index in [1.54, 1.807) is 38.1 Å². The Morgan fingerprint density at radius 2 is 1.93 bits per heavy atom. The summed E-state index contributed by atoms with van der Waals surface area (Å²) in [6, 6.07) is 5.39. The maximum absolute atomic E-state index is 12.9. The monoisotopic (exact) mass is 432 g/mol. The second-order valence-electron chi connectivity index (χ2n) is 7.64. The van der Waals surface area contributed by atoms with Crippen LogP contribution in [0.3, 0.4) is 0 Å². The largest absolute Gasteiger partial charge is 0.462 e. The molecule has 9 nitrogen and oxygen atoms in total. The lowest BCUT2D eigenvalue weighted by molar-refractivity contribution is -0.154. The number of esters is 1. The molecule has 3 amide bonds. The van der Waals surface area contributed by atoms with Crippen molar-refractivity contribution in [2.45, 2.75) is 51.6 Å². The summed E-state index contributed by atoms with van der Waals surface area (Å²) in [7, 11) is 0. The summed E-state index contributed by atoms with van der Waals surface area (Å²) in [5.74, 6) is -1.62. The highest BCUT2D eigenvalue weighted by Crippen LogP contribution is 2.33. The Labute approximate surface area is 179 Å². The lowest BCUT2D eigenvalue weighted by atomic mass is 10.00. The molecule has 1 aromatic carbocycles. The van der Waals surface area contributed by atoms with Crippen molar-refractivity contribution in [3.8, 4) is 0 Å². The van der Waals surface area contributed by atoms with Crippen molar-refractivity contribution >= 4 is 46.7 Å². The predicted molar refractivity (Wildman–Crippen MR) is 112 cm³/mol. The Balaban J connectivity index is 1.71. The van der Waals surface area contributed by atoms with Crippen LogP contribution < -0.4 is 10.6 Å². The number of rotatable bonds is 6. The minimum atomic E-state index is -1.14. The second kappa shape index (κ2) is 8.49. The lowest BCUT2D eigenvalue weighted by Gasteiger charge is -2.45. The molecule has 0 spiro atoms. The first kappa shape index (κ1) is 21.8. The van der Waals surface area contributed by atoms with E-state index < -0.39 is 23.5 Å². The maximum Gasteiger partial charge on any atom is 0.338 e. The summed E-state index contributed by atoms with van der Waals surface area (Å²) in [5, 5.41) is 7.80. The number of fused-ring (bicyclic) bond motifs is 1. The Morgan fingerprint density at radius 1 is 1.27 bits per heavy atom. The maximum atomic E-state index is 12.9. The molecule has 2 aliphatic rings. The van der Waals surface area contributed by atoms with E-state index in [9.17, 15) is 19.2 Å². The van der Waals surface area contributed by atoms with Gasteiger partial charge >= 0.3 is 5.97 Å². The topological polar surface area (TPSA) is 108 Å². The molecule has 2 N–H and O–H groups in total. The van der Waals surface area contributed by atoms with E-state index in [0.717, 1.165) is 12.8 Å². The number of hydrogen-bond acceptors (Lipinski definition) is 7. The van der Waals surface area contributed by atoms with Gasteiger partial charge in [-0.2, -0.15) is 5.01 Å². The van der Waals surface area contributed by atoms with Gasteiger partial charge in [0.25, 0.3) is 0 Å². The van der Waals surface area contributed by atoms with Crippen molar-refractivity contribution in [2.24, 2.45) is 0 Å². The molecule has 160 valence electrons. The number of thiocarbonyl (C=S) groups is 1. The minimum absolute atomic E-state index is 0.0365. The van der Waals surface area contributed by atoms with E-state index in [2.05, 4.69) is 10.6 Å². The zero-order valence-corrected chi connectivity index (χ0v) is 17.9. The van der Waals surface area contributed by atoms with Crippen LogP contribution in [-0.2, 0) is 19.1 Å². The fraction of sp³-hybridized carbons (Fsp3) is 0.450. The molecular formula is C20H24N4O5S. The van der Waals surface area contributed by atoms with Gasteiger partial charge in [0, 0.05) is 5.69 Å². The van der Waals surface area contributed by atoms with Crippen LogP contribution >= 0.6 is 12.2 Å². The predicted octanol–water partition coefficient (Wildman–Crippen LogP) is 1.59. The minimum Gasteiger partial charge on any atom is -0.462 e. The molecule has 0 radical (unpaired) electrons. The highest BCUT2D eigenvalue weighted by Gasteiger charge is 2.56. The second-order valence-corrected chi connectivity index (χ2v) is 8.03. The number of ether oxygens (including phenoxy) is 1. The van der Waals surface area contributed by atoms with Gasteiger partial charge in [0.1, 0.15) is 11.6 Å². The molecule has 2 aliphatic heterocycles. The Kier molecular flexibility index (Phi) is 6.18. The number of nitrogens with one attached hydrogen (secondary N) is 2. The molecule has 1 atom stereocenters. The molecule has 0 aliphatic carbocycles. The molecule has 2 saturated heterocycles. The van der Waals surface area contributed by atoms with Gasteiger partial charge in [0.15, 0.2) is 5.11 Å². The number of nitrogens with zero attached hydrogens (tertiary/aromatic N) is 2. The van der Waals surface area contributed by atoms with Gasteiger partial charge in [-0.05, 0) is 56.8 Å². The zero-order valence-electron chi connectivity index (χ0n) is 17.1. The molecule has 0 saturated carbocycles. The van der Waals surface area contributed by atoms with E-state index in [1.807, 2.05) is 6.92 Å². The summed E-state index contributed by atoms with van der Waals surface area (Å²) in [6.45, 7) is 5.61. The molecule has 2 fully saturated rings. The molecule has 30 heavy (non-hydrogen) atoms. The van der Waals surface area contributed by atoms with Crippen LogP contribution in [0.25, 0.3) is 0 Å². The highest BCUT2D eigenvalue weighted by molar-refractivity contribution is 7.80. The zero-order chi connectivity index (χ0) is 22.1. The van der Waals surface area contributed by atoms with Gasteiger partial charge in [0.2, 0.25) is 17.7 Å². The summed E-state index contributed by atoms with van der Waals surface area (Å²) >= 11 is 5.10. The van der Waals surface area contributed by atoms with Gasteiger partial charge in [-0.1, -0.05) is 13.3 Å². The van der Waals surface area contributed by atoms with E-state index in [4.69, 9.17) is 17.0 Å². The first-order valence-corrected chi connectivity index (χ1v) is 10.1. The highest BCUT2D eigenvalue weighted by atomic mass is 32.1. The average molecular weight is 433 g/mol. The summed E-state index contributed by atoms with van der Waals surface area (Å²) < 4.78 is 5.16. The number of carbonyl (C=O) groups is 4.